The Balaban J connectivity index is 1.78. The van der Waals surface area contributed by atoms with Crippen molar-refractivity contribution < 1.29 is 24.0 Å². The summed E-state index contributed by atoms with van der Waals surface area (Å²) in [7, 11) is 1.56. The van der Waals surface area contributed by atoms with Crippen molar-refractivity contribution in [3.05, 3.63) is 69.8 Å². The number of hydrogen-bond acceptors (Lipinski definition) is 6. The standard InChI is InChI=1S/C18H18N2O6/c1-25-15-8-6-13(7-9-15)11-19-17(21)12-26-18(22)10-14-4-2-3-5-16(14)20(23)24/h2-9H,10-12H2,1H3,(H,19,21). The van der Waals surface area contributed by atoms with Crippen molar-refractivity contribution in [3.63, 3.8) is 0 Å². The maximum absolute atomic E-state index is 11.8. The number of amides is 1. The molecule has 136 valence electrons. The van der Waals surface area contributed by atoms with Gasteiger partial charge in [-0.15, -0.1) is 0 Å². The van der Waals surface area contributed by atoms with Crippen molar-refractivity contribution in [1.82, 2.24) is 5.32 Å². The van der Waals surface area contributed by atoms with Gasteiger partial charge < -0.3 is 14.8 Å². The van der Waals surface area contributed by atoms with E-state index in [1.165, 1.54) is 18.2 Å². The predicted molar refractivity (Wildman–Crippen MR) is 92.6 cm³/mol. The van der Waals surface area contributed by atoms with Crippen molar-refractivity contribution in [1.29, 1.82) is 0 Å². The fourth-order valence-corrected chi connectivity index (χ4v) is 2.19. The molecule has 2 rings (SSSR count). The Morgan fingerprint density at radius 3 is 2.46 bits per heavy atom. The van der Waals surface area contributed by atoms with Crippen LogP contribution in [-0.4, -0.2) is 30.5 Å². The number of esters is 1. The van der Waals surface area contributed by atoms with E-state index in [2.05, 4.69) is 5.32 Å². The number of nitrogens with one attached hydrogen (secondary N) is 1. The highest BCUT2D eigenvalue weighted by Gasteiger charge is 2.17. The smallest absolute Gasteiger partial charge is 0.311 e. The van der Waals surface area contributed by atoms with E-state index >= 15 is 0 Å². The molecular weight excluding hydrogens is 340 g/mol. The Hall–Kier alpha value is -3.42. The van der Waals surface area contributed by atoms with Gasteiger partial charge in [0.2, 0.25) is 0 Å². The number of carbonyl (C=O) groups is 2. The molecular formula is C18H18N2O6. The van der Waals surface area contributed by atoms with Crippen LogP contribution in [0.15, 0.2) is 48.5 Å². The zero-order chi connectivity index (χ0) is 18.9. The van der Waals surface area contributed by atoms with Gasteiger partial charge in [0, 0.05) is 18.2 Å². The highest BCUT2D eigenvalue weighted by atomic mass is 16.6. The predicted octanol–water partition coefficient (Wildman–Crippen LogP) is 2.01. The Morgan fingerprint density at radius 2 is 1.81 bits per heavy atom. The second-order valence-electron chi connectivity index (χ2n) is 5.35. The molecule has 0 spiro atoms. The van der Waals surface area contributed by atoms with E-state index in [1.54, 1.807) is 37.4 Å². The molecule has 0 aliphatic heterocycles. The zero-order valence-electron chi connectivity index (χ0n) is 14.1. The van der Waals surface area contributed by atoms with Crippen molar-refractivity contribution in [2.45, 2.75) is 13.0 Å². The maximum Gasteiger partial charge on any atom is 0.311 e. The summed E-state index contributed by atoms with van der Waals surface area (Å²) < 4.78 is 9.92. The van der Waals surface area contributed by atoms with E-state index in [1.807, 2.05) is 0 Å². The molecule has 2 aromatic carbocycles. The van der Waals surface area contributed by atoms with Gasteiger partial charge >= 0.3 is 5.97 Å². The van der Waals surface area contributed by atoms with Crippen LogP contribution in [0, 0.1) is 10.1 Å². The molecule has 0 saturated heterocycles. The van der Waals surface area contributed by atoms with Gasteiger partial charge in [0.05, 0.1) is 18.5 Å². The van der Waals surface area contributed by atoms with Crippen LogP contribution in [-0.2, 0) is 27.3 Å². The van der Waals surface area contributed by atoms with Crippen LogP contribution in [0.5, 0.6) is 5.75 Å². The van der Waals surface area contributed by atoms with Gasteiger partial charge in [-0.1, -0.05) is 30.3 Å². The van der Waals surface area contributed by atoms with E-state index in [9.17, 15) is 19.7 Å². The van der Waals surface area contributed by atoms with Crippen LogP contribution in [0.4, 0.5) is 5.69 Å². The molecule has 0 radical (unpaired) electrons. The lowest BCUT2D eigenvalue weighted by atomic mass is 10.1. The molecule has 26 heavy (non-hydrogen) atoms. The number of ether oxygens (including phenoxy) is 2. The van der Waals surface area contributed by atoms with Crippen LogP contribution in [0.3, 0.4) is 0 Å². The zero-order valence-corrected chi connectivity index (χ0v) is 14.1. The Labute approximate surface area is 149 Å². The first kappa shape index (κ1) is 18.9. The summed E-state index contributed by atoms with van der Waals surface area (Å²) in [6, 6.07) is 13.0. The molecule has 0 aromatic heterocycles. The summed E-state index contributed by atoms with van der Waals surface area (Å²) >= 11 is 0. The van der Waals surface area contributed by atoms with Gasteiger partial charge in [-0.05, 0) is 17.7 Å². The molecule has 0 unspecified atom stereocenters. The molecule has 8 heteroatoms. The lowest BCUT2D eigenvalue weighted by molar-refractivity contribution is -0.385. The molecule has 1 N–H and O–H groups in total. The summed E-state index contributed by atoms with van der Waals surface area (Å²) in [5.74, 6) is -0.459. The highest BCUT2D eigenvalue weighted by molar-refractivity contribution is 5.81. The van der Waals surface area contributed by atoms with Gasteiger partial charge in [0.15, 0.2) is 6.61 Å². The van der Waals surface area contributed by atoms with E-state index in [4.69, 9.17) is 9.47 Å². The molecule has 0 bridgehead atoms. The fraction of sp³-hybridized carbons (Fsp3) is 0.222. The third-order valence-electron chi connectivity index (χ3n) is 3.54. The molecule has 0 fully saturated rings. The minimum atomic E-state index is -0.709. The largest absolute Gasteiger partial charge is 0.497 e. The normalized spacial score (nSPS) is 10.0. The summed E-state index contributed by atoms with van der Waals surface area (Å²) in [5, 5.41) is 13.5. The molecule has 2 aromatic rings. The molecule has 0 heterocycles. The second-order valence-corrected chi connectivity index (χ2v) is 5.35. The first-order valence-electron chi connectivity index (χ1n) is 7.77. The Bertz CT molecular complexity index is 789. The number of nitrogens with zero attached hydrogens (tertiary/aromatic N) is 1. The number of nitro benzene ring substituents is 1. The third kappa shape index (κ3) is 5.59. The Kier molecular flexibility index (Phi) is 6.67. The van der Waals surface area contributed by atoms with Gasteiger partial charge in [-0.3, -0.25) is 19.7 Å². The van der Waals surface area contributed by atoms with Crippen LogP contribution in [0.2, 0.25) is 0 Å². The third-order valence-corrected chi connectivity index (χ3v) is 3.54. The van der Waals surface area contributed by atoms with Crippen LogP contribution in [0.1, 0.15) is 11.1 Å². The SMILES string of the molecule is COc1ccc(CNC(=O)COC(=O)Cc2ccccc2[N+](=O)[O-])cc1. The molecule has 0 atom stereocenters. The number of rotatable bonds is 8. The number of nitro groups is 1. The van der Waals surface area contributed by atoms with Gasteiger partial charge in [-0.2, -0.15) is 0 Å². The molecule has 1 amide bonds. The van der Waals surface area contributed by atoms with E-state index < -0.39 is 23.4 Å². The fourth-order valence-electron chi connectivity index (χ4n) is 2.19. The number of carbonyl (C=O) groups excluding carboxylic acids is 2. The highest BCUT2D eigenvalue weighted by Crippen LogP contribution is 2.18. The second kappa shape index (κ2) is 9.16. The van der Waals surface area contributed by atoms with Crippen molar-refractivity contribution >= 4 is 17.6 Å². The summed E-state index contributed by atoms with van der Waals surface area (Å²) in [5.41, 5.74) is 0.944. The monoisotopic (exact) mass is 358 g/mol. The Morgan fingerprint density at radius 1 is 1.12 bits per heavy atom. The number of methoxy groups -OCH3 is 1. The minimum absolute atomic E-state index is 0.159. The van der Waals surface area contributed by atoms with E-state index in [0.29, 0.717) is 5.75 Å². The first-order chi connectivity index (χ1) is 12.5. The molecule has 0 aliphatic rings. The van der Waals surface area contributed by atoms with Crippen molar-refractivity contribution in [2.24, 2.45) is 0 Å². The number of para-hydroxylation sites is 1. The maximum atomic E-state index is 11.8. The average molecular weight is 358 g/mol. The van der Waals surface area contributed by atoms with E-state index in [-0.39, 0.29) is 24.2 Å². The number of benzene rings is 2. The van der Waals surface area contributed by atoms with Gasteiger partial charge in [0.25, 0.3) is 11.6 Å². The average Bonchev–Trinajstić information content (AvgIpc) is 2.65. The van der Waals surface area contributed by atoms with Crippen molar-refractivity contribution in [3.8, 4) is 5.75 Å². The van der Waals surface area contributed by atoms with Gasteiger partial charge in [-0.25, -0.2) is 0 Å². The topological polar surface area (TPSA) is 108 Å². The molecule has 8 nitrogen and oxygen atoms in total. The number of hydrogen-bond donors (Lipinski definition) is 1. The van der Waals surface area contributed by atoms with Gasteiger partial charge in [0.1, 0.15) is 5.75 Å². The molecule has 0 aliphatic carbocycles. The van der Waals surface area contributed by atoms with Crippen LogP contribution < -0.4 is 10.1 Å². The minimum Gasteiger partial charge on any atom is -0.497 e. The lowest BCUT2D eigenvalue weighted by Gasteiger charge is -2.08. The van der Waals surface area contributed by atoms with E-state index in [0.717, 1.165) is 5.56 Å². The summed E-state index contributed by atoms with van der Waals surface area (Å²) in [6.45, 7) is -0.167. The summed E-state index contributed by atoms with van der Waals surface area (Å²) in [6.07, 6.45) is -0.275. The van der Waals surface area contributed by atoms with Crippen molar-refractivity contribution in [2.75, 3.05) is 13.7 Å². The summed E-state index contributed by atoms with van der Waals surface area (Å²) in [4.78, 5) is 33.9. The lowest BCUT2D eigenvalue weighted by Crippen LogP contribution is -2.28. The quantitative estimate of drug-likeness (QED) is 0.439. The first-order valence-corrected chi connectivity index (χ1v) is 7.77. The van der Waals surface area contributed by atoms with Crippen LogP contribution in [0.25, 0.3) is 0 Å². The molecule has 0 saturated carbocycles. The van der Waals surface area contributed by atoms with Crippen LogP contribution >= 0.6 is 0 Å².